The van der Waals surface area contributed by atoms with Crippen molar-refractivity contribution < 1.29 is 14.3 Å². The summed E-state index contributed by atoms with van der Waals surface area (Å²) in [6, 6.07) is 5.41. The Morgan fingerprint density at radius 1 is 1.14 bits per heavy atom. The molecule has 0 fully saturated rings. The highest BCUT2D eigenvalue weighted by atomic mass is 16.5. The highest BCUT2D eigenvalue weighted by molar-refractivity contribution is 6.34. The molecule has 2 aliphatic heterocycles. The van der Waals surface area contributed by atoms with Gasteiger partial charge in [-0.3, -0.25) is 14.7 Å². The number of aryl methyl sites for hydroxylation is 1. The van der Waals surface area contributed by atoms with Gasteiger partial charge in [0.2, 0.25) is 0 Å². The summed E-state index contributed by atoms with van der Waals surface area (Å²) in [7, 11) is 0. The van der Waals surface area contributed by atoms with Crippen LogP contribution in [0.5, 0.6) is 0 Å². The zero-order valence-corrected chi connectivity index (χ0v) is 15.6. The Balaban J connectivity index is 1.69. The minimum atomic E-state index is -0.261. The first-order valence-corrected chi connectivity index (χ1v) is 9.23. The summed E-state index contributed by atoms with van der Waals surface area (Å²) in [5, 5.41) is 12.7. The van der Waals surface area contributed by atoms with Gasteiger partial charge in [-0.25, -0.2) is 4.98 Å². The van der Waals surface area contributed by atoms with Crippen LogP contribution in [0.2, 0.25) is 0 Å². The van der Waals surface area contributed by atoms with E-state index < -0.39 is 0 Å². The van der Waals surface area contributed by atoms with E-state index in [-0.39, 0.29) is 11.8 Å². The normalized spacial score (nSPS) is 17.9. The van der Waals surface area contributed by atoms with Crippen LogP contribution in [-0.4, -0.2) is 45.1 Å². The molecule has 0 spiro atoms. The fourth-order valence-electron chi connectivity index (χ4n) is 3.55. The second-order valence-corrected chi connectivity index (χ2v) is 6.96. The minimum absolute atomic E-state index is 0.234. The molecule has 3 aromatic rings. The Kier molecular flexibility index (Phi) is 4.02. The minimum Gasteiger partial charge on any atom is -0.373 e. The first-order valence-electron chi connectivity index (χ1n) is 9.23. The number of hydrogen-bond acceptors (Lipinski definition) is 5. The number of ether oxygens (including phenoxy) is 1. The smallest absolute Gasteiger partial charge is 0.258 e. The third-order valence-electron chi connectivity index (χ3n) is 4.93. The standard InChI is InChI=1S/C20H18N6O3/c1-10-6-11-16(23-10)7-12-18-15(25-20(12)28)3-2-14(24-18)13-8-22-26-17(13)9-29-5-4-21-19(11)27/h2-3,6-8,23H,4-5,9H2,1H3,(H,21,27)(H,22,26)(H,25,28)/b12-7-. The topological polar surface area (TPSA) is 125 Å². The zero-order chi connectivity index (χ0) is 20.0. The van der Waals surface area contributed by atoms with E-state index in [2.05, 4.69) is 25.8 Å². The molecule has 0 saturated heterocycles. The summed E-state index contributed by atoms with van der Waals surface area (Å²) in [6.07, 6.45) is 3.36. The molecule has 4 N–H and O–H groups in total. The number of pyridine rings is 1. The number of carbonyl (C=O) groups is 2. The summed E-state index contributed by atoms with van der Waals surface area (Å²) >= 11 is 0. The van der Waals surface area contributed by atoms with Crippen LogP contribution < -0.4 is 10.6 Å². The molecule has 0 aliphatic carbocycles. The van der Waals surface area contributed by atoms with Crippen LogP contribution in [0.15, 0.2) is 24.4 Å². The molecule has 2 amide bonds. The Bertz CT molecular complexity index is 1170. The third-order valence-corrected chi connectivity index (χ3v) is 4.93. The van der Waals surface area contributed by atoms with Crippen molar-refractivity contribution in [3.63, 3.8) is 0 Å². The van der Waals surface area contributed by atoms with E-state index in [9.17, 15) is 9.59 Å². The maximum Gasteiger partial charge on any atom is 0.258 e. The predicted octanol–water partition coefficient (Wildman–Crippen LogP) is 1.86. The quantitative estimate of drug-likeness (QED) is 0.466. The van der Waals surface area contributed by atoms with Gasteiger partial charge in [0.05, 0.1) is 53.3 Å². The lowest BCUT2D eigenvalue weighted by Gasteiger charge is -2.07. The average molecular weight is 390 g/mol. The van der Waals surface area contributed by atoms with Gasteiger partial charge in [-0.05, 0) is 31.2 Å². The molecule has 2 bridgehead atoms. The van der Waals surface area contributed by atoms with Gasteiger partial charge in [0, 0.05) is 17.8 Å². The molecular formula is C20H18N6O3. The maximum absolute atomic E-state index is 12.6. The molecular weight excluding hydrogens is 372 g/mol. The number of nitrogens with one attached hydrogen (secondary N) is 4. The molecule has 0 aromatic carbocycles. The summed E-state index contributed by atoms with van der Waals surface area (Å²) in [4.78, 5) is 33.1. The van der Waals surface area contributed by atoms with Gasteiger partial charge in [-0.2, -0.15) is 5.10 Å². The largest absolute Gasteiger partial charge is 0.373 e. The molecule has 0 radical (unpaired) electrons. The first-order chi connectivity index (χ1) is 14.1. The third kappa shape index (κ3) is 3.01. The number of fused-ring (bicyclic) bond motifs is 4. The fourth-order valence-corrected chi connectivity index (χ4v) is 3.55. The molecule has 3 aromatic heterocycles. The van der Waals surface area contributed by atoms with Crippen LogP contribution in [0, 0.1) is 6.92 Å². The van der Waals surface area contributed by atoms with Crippen molar-refractivity contribution in [2.24, 2.45) is 0 Å². The van der Waals surface area contributed by atoms with Crippen molar-refractivity contribution in [2.75, 3.05) is 18.5 Å². The van der Waals surface area contributed by atoms with Crippen LogP contribution in [-0.2, 0) is 16.1 Å². The molecule has 5 heterocycles. The summed E-state index contributed by atoms with van der Waals surface area (Å²) in [6.45, 7) is 2.88. The summed E-state index contributed by atoms with van der Waals surface area (Å²) < 4.78 is 5.68. The van der Waals surface area contributed by atoms with Crippen LogP contribution in [0.4, 0.5) is 5.69 Å². The molecule has 0 saturated carbocycles. The highest BCUT2D eigenvalue weighted by Gasteiger charge is 2.28. The molecule has 2 aliphatic rings. The Hall–Kier alpha value is -3.72. The van der Waals surface area contributed by atoms with Crippen LogP contribution >= 0.6 is 0 Å². The number of nitrogens with zero attached hydrogens (tertiary/aromatic N) is 2. The fraction of sp³-hybridized carbons (Fsp3) is 0.200. The van der Waals surface area contributed by atoms with Gasteiger partial charge in [0.15, 0.2) is 0 Å². The summed E-state index contributed by atoms with van der Waals surface area (Å²) in [5.41, 5.74) is 5.69. The Morgan fingerprint density at radius 3 is 2.93 bits per heavy atom. The zero-order valence-electron chi connectivity index (χ0n) is 15.6. The number of rotatable bonds is 0. The number of carbonyl (C=O) groups excluding carboxylic acids is 2. The van der Waals surface area contributed by atoms with Crippen molar-refractivity contribution in [3.8, 4) is 11.3 Å². The number of H-pyrrole nitrogens is 2. The summed E-state index contributed by atoms with van der Waals surface area (Å²) in [5.74, 6) is -0.495. The van der Waals surface area contributed by atoms with Gasteiger partial charge < -0.3 is 20.4 Å². The van der Waals surface area contributed by atoms with Gasteiger partial charge in [-0.1, -0.05) is 0 Å². The Morgan fingerprint density at radius 2 is 2.03 bits per heavy atom. The van der Waals surface area contributed by atoms with Gasteiger partial charge in [-0.15, -0.1) is 0 Å². The molecule has 9 heteroatoms. The van der Waals surface area contributed by atoms with Gasteiger partial charge >= 0.3 is 0 Å². The monoisotopic (exact) mass is 390 g/mol. The molecule has 29 heavy (non-hydrogen) atoms. The molecule has 9 nitrogen and oxygen atoms in total. The van der Waals surface area contributed by atoms with Gasteiger partial charge in [0.1, 0.15) is 5.69 Å². The molecule has 146 valence electrons. The van der Waals surface area contributed by atoms with Crippen molar-refractivity contribution in [1.29, 1.82) is 0 Å². The van der Waals surface area contributed by atoms with E-state index in [1.807, 2.05) is 19.1 Å². The highest BCUT2D eigenvalue weighted by Crippen LogP contribution is 2.34. The number of anilines is 1. The van der Waals surface area contributed by atoms with E-state index in [4.69, 9.17) is 9.72 Å². The molecule has 5 rings (SSSR count). The molecule has 0 unspecified atom stereocenters. The number of aromatic amines is 2. The lowest BCUT2D eigenvalue weighted by Crippen LogP contribution is -2.27. The predicted molar refractivity (Wildman–Crippen MR) is 106 cm³/mol. The van der Waals surface area contributed by atoms with Crippen molar-refractivity contribution >= 4 is 29.2 Å². The maximum atomic E-state index is 12.6. The van der Waals surface area contributed by atoms with Crippen LogP contribution in [0.25, 0.3) is 22.9 Å². The van der Waals surface area contributed by atoms with Crippen molar-refractivity contribution in [1.82, 2.24) is 25.5 Å². The van der Waals surface area contributed by atoms with Crippen molar-refractivity contribution in [2.45, 2.75) is 13.5 Å². The SMILES string of the molecule is Cc1cc2c([nH]1)/C=C1\C(=O)Nc3ccc(nc31)-c1cn[nH]c1COCCNC2=O. The molecule has 0 atom stereocenters. The average Bonchev–Trinajstić information content (AvgIpc) is 3.39. The number of aromatic nitrogens is 4. The Labute approximate surface area is 165 Å². The van der Waals surface area contributed by atoms with E-state index in [0.717, 1.165) is 17.0 Å². The lowest BCUT2D eigenvalue weighted by atomic mass is 10.1. The first kappa shape index (κ1) is 17.4. The second kappa shape index (κ2) is 6.71. The number of hydrogen-bond donors (Lipinski definition) is 4. The van der Waals surface area contributed by atoms with E-state index in [0.29, 0.717) is 53.7 Å². The number of amides is 2. The van der Waals surface area contributed by atoms with E-state index in [1.165, 1.54) is 0 Å². The van der Waals surface area contributed by atoms with Crippen LogP contribution in [0.3, 0.4) is 0 Å². The van der Waals surface area contributed by atoms with Gasteiger partial charge in [0.25, 0.3) is 11.8 Å². The second-order valence-electron chi connectivity index (χ2n) is 6.96. The lowest BCUT2D eigenvalue weighted by molar-refractivity contribution is -0.110. The van der Waals surface area contributed by atoms with E-state index >= 15 is 0 Å². The van der Waals surface area contributed by atoms with E-state index in [1.54, 1.807) is 18.3 Å². The van der Waals surface area contributed by atoms with Crippen molar-refractivity contribution in [3.05, 3.63) is 52.7 Å². The van der Waals surface area contributed by atoms with Crippen LogP contribution in [0.1, 0.15) is 33.1 Å².